The zero-order valence-corrected chi connectivity index (χ0v) is 19.9. The van der Waals surface area contributed by atoms with Crippen molar-refractivity contribution in [1.82, 2.24) is 20.1 Å². The Morgan fingerprint density at radius 2 is 1.86 bits per heavy atom. The van der Waals surface area contributed by atoms with Crippen molar-refractivity contribution in [1.29, 1.82) is 0 Å². The van der Waals surface area contributed by atoms with Crippen LogP contribution in [0.4, 0.5) is 19.0 Å². The van der Waals surface area contributed by atoms with Crippen LogP contribution in [0, 0.1) is 0 Å². The number of piperidine rings is 1. The number of nitrogens with one attached hydrogen (secondary N) is 1. The molecule has 0 radical (unpaired) electrons. The Morgan fingerprint density at radius 1 is 1.09 bits per heavy atom. The molecule has 35 heavy (non-hydrogen) atoms. The predicted octanol–water partition coefficient (Wildman–Crippen LogP) is 2.97. The van der Waals surface area contributed by atoms with Crippen LogP contribution in [0.1, 0.15) is 40.5 Å². The standard InChI is InChI=1S/C24H26F3N5O2S/c25-24(26,27)17-3-5-20(28-12-17)31-9-7-30(8-10-31)13-15-1-2-16-14-32(23(35)18(16)11-15)19-4-6-21(33)29-22(19)34/h1-3,5,11-12,19,23,35H,4,6-10,13-14H2,(H,29,33,34). The lowest BCUT2D eigenvalue weighted by Crippen LogP contribution is -2.51. The molecule has 2 atom stereocenters. The maximum Gasteiger partial charge on any atom is 0.417 e. The van der Waals surface area contributed by atoms with Gasteiger partial charge in [0.15, 0.2) is 0 Å². The van der Waals surface area contributed by atoms with Crippen molar-refractivity contribution in [3.05, 3.63) is 58.8 Å². The quantitative estimate of drug-likeness (QED) is 0.492. The second-order valence-corrected chi connectivity index (χ2v) is 9.70. The molecule has 0 saturated carbocycles. The number of rotatable bonds is 4. The molecule has 2 amide bonds. The maximum atomic E-state index is 12.8. The third-order valence-corrected chi connectivity index (χ3v) is 7.52. The summed E-state index contributed by atoms with van der Waals surface area (Å²) in [5.74, 6) is 0.0746. The smallest absolute Gasteiger partial charge is 0.354 e. The van der Waals surface area contributed by atoms with Crippen LogP contribution in [-0.2, 0) is 28.9 Å². The number of hydrogen-bond acceptors (Lipinski definition) is 7. The molecule has 1 aromatic carbocycles. The van der Waals surface area contributed by atoms with Gasteiger partial charge in [0.25, 0.3) is 0 Å². The third-order valence-electron chi connectivity index (χ3n) is 6.94. The van der Waals surface area contributed by atoms with Gasteiger partial charge >= 0.3 is 6.18 Å². The summed E-state index contributed by atoms with van der Waals surface area (Å²) in [5, 5.41) is 2.21. The van der Waals surface area contributed by atoms with Gasteiger partial charge in [-0.05, 0) is 35.2 Å². The van der Waals surface area contributed by atoms with Crippen molar-refractivity contribution >= 4 is 30.3 Å². The number of piperazine rings is 1. The van der Waals surface area contributed by atoms with Gasteiger partial charge in [-0.1, -0.05) is 18.2 Å². The molecule has 2 unspecified atom stereocenters. The number of imide groups is 1. The van der Waals surface area contributed by atoms with Gasteiger partial charge in [-0.3, -0.25) is 24.7 Å². The molecular weight excluding hydrogens is 479 g/mol. The summed E-state index contributed by atoms with van der Waals surface area (Å²) in [5.41, 5.74) is 2.63. The van der Waals surface area contributed by atoms with E-state index < -0.39 is 11.7 Å². The molecule has 0 aliphatic carbocycles. The SMILES string of the molecule is O=C1CCC(N2Cc3ccc(CN4CCN(c5ccc(C(F)(F)F)cn5)CC4)cc3C2S)C(=O)N1. The average Bonchev–Trinajstić information content (AvgIpc) is 3.15. The highest BCUT2D eigenvalue weighted by Gasteiger charge is 2.39. The van der Waals surface area contributed by atoms with Crippen molar-refractivity contribution in [2.24, 2.45) is 0 Å². The minimum atomic E-state index is -4.38. The molecule has 186 valence electrons. The first kappa shape index (κ1) is 24.1. The van der Waals surface area contributed by atoms with Crippen molar-refractivity contribution in [2.45, 2.75) is 43.5 Å². The van der Waals surface area contributed by atoms with Crippen LogP contribution in [0.15, 0.2) is 36.5 Å². The van der Waals surface area contributed by atoms with Crippen LogP contribution in [0.5, 0.6) is 0 Å². The largest absolute Gasteiger partial charge is 0.417 e. The number of fused-ring (bicyclic) bond motifs is 1. The molecule has 1 N–H and O–H groups in total. The zero-order valence-electron chi connectivity index (χ0n) is 19.0. The normalized spacial score (nSPS) is 23.9. The van der Waals surface area contributed by atoms with Crippen molar-refractivity contribution in [3.63, 3.8) is 0 Å². The van der Waals surface area contributed by atoms with Gasteiger partial charge in [-0.15, -0.1) is 0 Å². The first-order chi connectivity index (χ1) is 16.7. The number of hydrogen-bond donors (Lipinski definition) is 2. The average molecular weight is 506 g/mol. The number of carbonyl (C=O) groups excluding carboxylic acids is 2. The summed E-state index contributed by atoms with van der Waals surface area (Å²) >= 11 is 4.79. The van der Waals surface area contributed by atoms with Gasteiger partial charge in [0.05, 0.1) is 17.0 Å². The predicted molar refractivity (Wildman–Crippen MR) is 127 cm³/mol. The molecule has 2 fully saturated rings. The summed E-state index contributed by atoms with van der Waals surface area (Å²) in [6, 6.07) is 8.46. The fourth-order valence-corrected chi connectivity index (χ4v) is 5.49. The van der Waals surface area contributed by atoms with Crippen LogP contribution in [-0.4, -0.2) is 58.8 Å². The van der Waals surface area contributed by atoms with Gasteiger partial charge in [0.1, 0.15) is 5.82 Å². The number of pyridine rings is 1. The monoisotopic (exact) mass is 505 g/mol. The Balaban J connectivity index is 1.18. The van der Waals surface area contributed by atoms with E-state index in [4.69, 9.17) is 12.6 Å². The highest BCUT2D eigenvalue weighted by Crippen LogP contribution is 2.39. The number of benzene rings is 1. The van der Waals surface area contributed by atoms with Gasteiger partial charge in [-0.25, -0.2) is 4.98 Å². The minimum Gasteiger partial charge on any atom is -0.354 e. The van der Waals surface area contributed by atoms with Gasteiger partial charge < -0.3 is 4.90 Å². The summed E-state index contributed by atoms with van der Waals surface area (Å²) in [6.07, 6.45) is -2.66. The lowest BCUT2D eigenvalue weighted by Gasteiger charge is -2.35. The lowest BCUT2D eigenvalue weighted by atomic mass is 10.0. The number of amides is 2. The van der Waals surface area contributed by atoms with Crippen LogP contribution in [0.3, 0.4) is 0 Å². The van der Waals surface area contributed by atoms with E-state index in [-0.39, 0.29) is 23.2 Å². The van der Waals surface area contributed by atoms with Gasteiger partial charge in [0, 0.05) is 51.9 Å². The molecule has 3 aliphatic rings. The fourth-order valence-electron chi connectivity index (χ4n) is 5.00. The second kappa shape index (κ2) is 9.44. The number of alkyl halides is 3. The summed E-state index contributed by atoms with van der Waals surface area (Å²) in [6.45, 7) is 4.28. The molecule has 4 heterocycles. The third kappa shape index (κ3) is 5.03. The molecule has 0 bridgehead atoms. The fraction of sp³-hybridized carbons (Fsp3) is 0.458. The summed E-state index contributed by atoms with van der Waals surface area (Å²) in [4.78, 5) is 34.2. The van der Waals surface area contributed by atoms with E-state index in [0.29, 0.717) is 38.3 Å². The van der Waals surface area contributed by atoms with Crippen molar-refractivity contribution < 1.29 is 22.8 Å². The number of anilines is 1. The van der Waals surface area contributed by atoms with Crippen LogP contribution in [0.25, 0.3) is 0 Å². The van der Waals surface area contributed by atoms with E-state index in [9.17, 15) is 22.8 Å². The van der Waals surface area contributed by atoms with E-state index in [0.717, 1.165) is 48.6 Å². The first-order valence-corrected chi connectivity index (χ1v) is 12.1. The highest BCUT2D eigenvalue weighted by molar-refractivity contribution is 7.80. The number of nitrogens with zero attached hydrogens (tertiary/aromatic N) is 4. The zero-order chi connectivity index (χ0) is 24.7. The van der Waals surface area contributed by atoms with Crippen LogP contribution >= 0.6 is 12.6 Å². The molecule has 7 nitrogen and oxygen atoms in total. The molecule has 3 aliphatic heterocycles. The van der Waals surface area contributed by atoms with Crippen molar-refractivity contribution in [3.8, 4) is 0 Å². The first-order valence-electron chi connectivity index (χ1n) is 11.6. The topological polar surface area (TPSA) is 68.8 Å². The molecule has 5 rings (SSSR count). The Hall–Kier alpha value is -2.63. The Labute approximate surface area is 206 Å². The van der Waals surface area contributed by atoms with Crippen LogP contribution in [0.2, 0.25) is 0 Å². The number of carbonyl (C=O) groups is 2. The second-order valence-electron chi connectivity index (χ2n) is 9.21. The molecular formula is C24H26F3N5O2S. The molecule has 2 saturated heterocycles. The number of aromatic nitrogens is 1. The Bertz CT molecular complexity index is 1120. The number of thiol groups is 1. The highest BCUT2D eigenvalue weighted by atomic mass is 32.1. The molecule has 11 heteroatoms. The van der Waals surface area contributed by atoms with Gasteiger partial charge in [0.2, 0.25) is 11.8 Å². The van der Waals surface area contributed by atoms with E-state index in [1.165, 1.54) is 6.07 Å². The molecule has 2 aromatic rings. The maximum absolute atomic E-state index is 12.8. The minimum absolute atomic E-state index is 0.212. The molecule has 0 spiro atoms. The van der Waals surface area contributed by atoms with E-state index >= 15 is 0 Å². The summed E-state index contributed by atoms with van der Waals surface area (Å²) in [7, 11) is 0. The lowest BCUT2D eigenvalue weighted by molar-refractivity contribution is -0.139. The summed E-state index contributed by atoms with van der Waals surface area (Å²) < 4.78 is 38.3. The van der Waals surface area contributed by atoms with Crippen molar-refractivity contribution in [2.75, 3.05) is 31.1 Å². The van der Waals surface area contributed by atoms with Gasteiger partial charge in [-0.2, -0.15) is 25.8 Å². The van der Waals surface area contributed by atoms with E-state index in [2.05, 4.69) is 33.4 Å². The molecule has 1 aromatic heterocycles. The Kier molecular flexibility index (Phi) is 6.49. The Morgan fingerprint density at radius 3 is 2.51 bits per heavy atom. The van der Waals surface area contributed by atoms with E-state index in [1.54, 1.807) is 0 Å². The number of halogens is 3. The van der Waals surface area contributed by atoms with Crippen LogP contribution < -0.4 is 10.2 Å². The van der Waals surface area contributed by atoms with E-state index in [1.807, 2.05) is 9.80 Å².